The number of anilines is 3. The lowest BCUT2D eigenvalue weighted by Crippen LogP contribution is -2.16. The molecule has 4 N–H and O–H groups in total. The van der Waals surface area contributed by atoms with E-state index in [9.17, 15) is 13.2 Å². The van der Waals surface area contributed by atoms with Gasteiger partial charge in [0.05, 0.1) is 36.4 Å². The molecule has 0 aliphatic heterocycles. The summed E-state index contributed by atoms with van der Waals surface area (Å²) in [5, 5.41) is 3.12. The smallest absolute Gasteiger partial charge is 0.285 e. The Labute approximate surface area is 223 Å². The molecule has 1 amide bonds. The number of nitrogens with one attached hydrogen (secondary N) is 2. The third-order valence-electron chi connectivity index (χ3n) is 5.76. The molecule has 0 atom stereocenters. The number of benzene rings is 3. The number of carbonyl (C=O) groups excluding carboxylic acids is 1. The number of rotatable bonds is 9. The molecule has 0 unspecified atom stereocenters. The van der Waals surface area contributed by atoms with Crippen molar-refractivity contribution in [2.75, 3.05) is 24.3 Å². The number of hydrogen-bond acceptors (Lipinski definition) is 9. The SMILES string of the molecule is COc1cc(Nc2nc3ccccc3nc2NS(=O)(=O)c2cccc(-c3ccoc3C(N)=O)c2)cc(OC)c1. The van der Waals surface area contributed by atoms with Crippen molar-refractivity contribution in [2.45, 2.75) is 4.90 Å². The fourth-order valence-corrected chi connectivity index (χ4v) is 4.97. The summed E-state index contributed by atoms with van der Waals surface area (Å²) in [4.78, 5) is 20.8. The number of fused-ring (bicyclic) bond motifs is 1. The van der Waals surface area contributed by atoms with Gasteiger partial charge in [-0.05, 0) is 35.9 Å². The van der Waals surface area contributed by atoms with Gasteiger partial charge in [-0.1, -0.05) is 24.3 Å². The molecule has 5 rings (SSSR count). The maximum atomic E-state index is 13.5. The maximum absolute atomic E-state index is 13.5. The lowest BCUT2D eigenvalue weighted by Gasteiger charge is -2.15. The van der Waals surface area contributed by atoms with Crippen LogP contribution in [0, 0.1) is 0 Å². The minimum absolute atomic E-state index is 0.0259. The van der Waals surface area contributed by atoms with E-state index in [1.54, 1.807) is 60.7 Å². The molecule has 198 valence electrons. The fraction of sp³-hybridized carbons (Fsp3) is 0.0741. The van der Waals surface area contributed by atoms with E-state index in [1.165, 1.54) is 32.6 Å². The van der Waals surface area contributed by atoms with Crippen LogP contribution in [-0.4, -0.2) is 38.5 Å². The van der Waals surface area contributed by atoms with Crippen molar-refractivity contribution in [3.05, 3.63) is 84.8 Å². The van der Waals surface area contributed by atoms with Gasteiger partial charge in [0, 0.05) is 29.4 Å². The first-order valence-corrected chi connectivity index (χ1v) is 13.0. The Kier molecular flexibility index (Phi) is 6.77. The quantitative estimate of drug-likeness (QED) is 0.241. The van der Waals surface area contributed by atoms with Gasteiger partial charge in [0.25, 0.3) is 15.9 Å². The number of aromatic nitrogens is 2. The zero-order valence-electron chi connectivity index (χ0n) is 20.8. The van der Waals surface area contributed by atoms with Crippen LogP contribution in [-0.2, 0) is 10.0 Å². The number of sulfonamides is 1. The van der Waals surface area contributed by atoms with Crippen molar-refractivity contribution in [1.29, 1.82) is 0 Å². The van der Waals surface area contributed by atoms with Crippen LogP contribution in [0.4, 0.5) is 17.3 Å². The molecule has 0 fully saturated rings. The van der Waals surface area contributed by atoms with Crippen LogP contribution in [0.1, 0.15) is 10.6 Å². The molecule has 0 aliphatic rings. The van der Waals surface area contributed by atoms with E-state index < -0.39 is 15.9 Å². The molecule has 2 aromatic heterocycles. The van der Waals surface area contributed by atoms with Crippen LogP contribution in [0.5, 0.6) is 11.5 Å². The summed E-state index contributed by atoms with van der Waals surface area (Å²) in [5.41, 5.74) is 7.78. The van der Waals surface area contributed by atoms with Crippen LogP contribution < -0.4 is 25.2 Å². The van der Waals surface area contributed by atoms with E-state index in [2.05, 4.69) is 20.0 Å². The lowest BCUT2D eigenvalue weighted by molar-refractivity contribution is 0.0974. The highest BCUT2D eigenvalue weighted by Crippen LogP contribution is 2.32. The number of nitrogens with two attached hydrogens (primary N) is 1. The van der Waals surface area contributed by atoms with Gasteiger partial charge in [-0.15, -0.1) is 0 Å². The van der Waals surface area contributed by atoms with Crippen molar-refractivity contribution >= 4 is 44.3 Å². The summed E-state index contributed by atoms with van der Waals surface area (Å²) in [6, 6.07) is 19.8. The fourth-order valence-electron chi connectivity index (χ4n) is 3.92. The number of ether oxygens (including phenoxy) is 2. The number of primary amides is 1. The average molecular weight is 546 g/mol. The number of para-hydroxylation sites is 2. The van der Waals surface area contributed by atoms with Gasteiger partial charge in [0.15, 0.2) is 17.4 Å². The number of nitrogens with zero attached hydrogens (tertiary/aromatic N) is 2. The molecule has 0 saturated heterocycles. The molecular formula is C27H23N5O6S. The molecule has 12 heteroatoms. The molecule has 11 nitrogen and oxygen atoms in total. The topological polar surface area (TPSA) is 159 Å². The molecule has 3 aromatic carbocycles. The van der Waals surface area contributed by atoms with Crippen LogP contribution in [0.15, 0.2) is 88.4 Å². The van der Waals surface area contributed by atoms with Gasteiger partial charge in [-0.2, -0.15) is 0 Å². The van der Waals surface area contributed by atoms with Gasteiger partial charge in [0.1, 0.15) is 11.5 Å². The summed E-state index contributed by atoms with van der Waals surface area (Å²) in [7, 11) is -1.11. The summed E-state index contributed by atoms with van der Waals surface area (Å²) in [6.45, 7) is 0. The number of carbonyl (C=O) groups is 1. The summed E-state index contributed by atoms with van der Waals surface area (Å²) < 4.78 is 45.4. The molecule has 5 aromatic rings. The Morgan fingerprint density at radius 3 is 2.18 bits per heavy atom. The van der Waals surface area contributed by atoms with Crippen LogP contribution >= 0.6 is 0 Å². The standard InChI is InChI=1S/C27H23N5O6S/c1-36-18-13-17(14-19(15-18)37-2)29-26-27(31-23-9-4-3-8-22(23)30-26)32-39(34,35)20-7-5-6-16(12-20)21-10-11-38-24(21)25(28)33/h3-15H,1-2H3,(H2,28,33)(H,29,30)(H,31,32). The molecule has 0 aliphatic carbocycles. The zero-order valence-corrected chi connectivity index (χ0v) is 21.7. The zero-order chi connectivity index (χ0) is 27.6. The first kappa shape index (κ1) is 25.5. The molecule has 0 spiro atoms. The molecular weight excluding hydrogens is 522 g/mol. The van der Waals surface area contributed by atoms with Gasteiger partial charge < -0.3 is 24.9 Å². The van der Waals surface area contributed by atoms with Gasteiger partial charge >= 0.3 is 0 Å². The summed E-state index contributed by atoms with van der Waals surface area (Å²) in [6.07, 6.45) is 1.31. The van der Waals surface area contributed by atoms with Gasteiger partial charge in [-0.3, -0.25) is 9.52 Å². The van der Waals surface area contributed by atoms with Gasteiger partial charge in [-0.25, -0.2) is 18.4 Å². The Balaban J connectivity index is 1.55. The second kappa shape index (κ2) is 10.3. The predicted octanol–water partition coefficient (Wildman–Crippen LogP) is 4.55. The lowest BCUT2D eigenvalue weighted by atomic mass is 10.1. The van der Waals surface area contributed by atoms with Crippen molar-refractivity contribution in [3.63, 3.8) is 0 Å². The molecule has 0 radical (unpaired) electrons. The number of amides is 1. The van der Waals surface area contributed by atoms with Crippen molar-refractivity contribution < 1.29 is 27.1 Å². The van der Waals surface area contributed by atoms with Crippen LogP contribution in [0.25, 0.3) is 22.2 Å². The van der Waals surface area contributed by atoms with E-state index in [0.29, 0.717) is 39.3 Å². The first-order chi connectivity index (χ1) is 18.8. The van der Waals surface area contributed by atoms with Crippen molar-refractivity contribution in [1.82, 2.24) is 9.97 Å². The summed E-state index contributed by atoms with van der Waals surface area (Å²) in [5.74, 6) is 0.352. The first-order valence-electron chi connectivity index (χ1n) is 11.5. The number of methoxy groups -OCH3 is 2. The minimum Gasteiger partial charge on any atom is -0.497 e. The highest BCUT2D eigenvalue weighted by molar-refractivity contribution is 7.92. The van der Waals surface area contributed by atoms with Crippen molar-refractivity contribution in [3.8, 4) is 22.6 Å². The van der Waals surface area contributed by atoms with Crippen LogP contribution in [0.2, 0.25) is 0 Å². The second-order valence-electron chi connectivity index (χ2n) is 8.30. The Morgan fingerprint density at radius 1 is 0.872 bits per heavy atom. The van der Waals surface area contributed by atoms with Gasteiger partial charge in [0.2, 0.25) is 0 Å². The largest absolute Gasteiger partial charge is 0.497 e. The summed E-state index contributed by atoms with van der Waals surface area (Å²) >= 11 is 0. The Hall–Kier alpha value is -5.10. The highest BCUT2D eigenvalue weighted by atomic mass is 32.2. The number of furan rings is 1. The Bertz CT molecular complexity index is 1780. The van der Waals surface area contributed by atoms with Crippen molar-refractivity contribution in [2.24, 2.45) is 5.73 Å². The highest BCUT2D eigenvalue weighted by Gasteiger charge is 2.21. The van der Waals surface area contributed by atoms with E-state index >= 15 is 0 Å². The molecule has 0 bridgehead atoms. The third kappa shape index (κ3) is 5.31. The Morgan fingerprint density at radius 2 is 1.54 bits per heavy atom. The number of hydrogen-bond donors (Lipinski definition) is 3. The van der Waals surface area contributed by atoms with Crippen LogP contribution in [0.3, 0.4) is 0 Å². The molecule has 39 heavy (non-hydrogen) atoms. The van der Waals surface area contributed by atoms with E-state index in [-0.39, 0.29) is 22.3 Å². The predicted molar refractivity (Wildman–Crippen MR) is 146 cm³/mol. The van der Waals surface area contributed by atoms with E-state index in [4.69, 9.17) is 19.6 Å². The van der Waals surface area contributed by atoms with E-state index in [0.717, 1.165) is 0 Å². The molecule has 0 saturated carbocycles. The second-order valence-corrected chi connectivity index (χ2v) is 9.98. The third-order valence-corrected chi connectivity index (χ3v) is 7.10. The normalized spacial score (nSPS) is 11.2. The average Bonchev–Trinajstić information content (AvgIpc) is 3.44. The monoisotopic (exact) mass is 545 g/mol. The van der Waals surface area contributed by atoms with E-state index in [1.807, 2.05) is 0 Å². The molecule has 2 heterocycles. The maximum Gasteiger partial charge on any atom is 0.285 e. The minimum atomic E-state index is -4.16.